The van der Waals surface area contributed by atoms with Gasteiger partial charge in [-0.05, 0) is 90.4 Å². The van der Waals surface area contributed by atoms with E-state index in [0.717, 1.165) is 27.7 Å². The van der Waals surface area contributed by atoms with E-state index in [9.17, 15) is 23.2 Å². The first-order valence-electron chi connectivity index (χ1n) is 21.3. The number of amides is 3. The first-order valence-corrected chi connectivity index (χ1v) is 21.3. The van der Waals surface area contributed by atoms with Crippen LogP contribution >= 0.6 is 0 Å². The monoisotopic (exact) mass is 866 g/mol. The molecule has 18 heteroatoms. The van der Waals surface area contributed by atoms with Gasteiger partial charge in [-0.3, -0.25) is 23.7 Å². The minimum atomic E-state index is -2.60. The summed E-state index contributed by atoms with van der Waals surface area (Å²) >= 11 is 0. The number of likely N-dealkylation sites (tertiary alicyclic amines) is 1. The van der Waals surface area contributed by atoms with E-state index in [1.165, 1.54) is 0 Å². The number of carbonyl (C=O) groups excluding carboxylic acids is 3. The van der Waals surface area contributed by atoms with Crippen LogP contribution in [0.2, 0.25) is 0 Å². The number of allylic oxidation sites excluding steroid dienone is 2. The van der Waals surface area contributed by atoms with Crippen LogP contribution in [0.3, 0.4) is 0 Å². The standard InChI is InChI=1S/C45H56F2N12O4/c1-9-58-36(23-30(5)51-58)41(61)49-43-54(8)35-25-32(40(48)60)15-16-33(35)56(43)26-28(3)29(4)27-57-39-34(53(7)44(57)50-42(62)37-24-31(6)52-59(37)10-2)13-11-14-38(39)63-22-12-19-55-20-17-45(46,47)18-21-55/h11,13-16,23-25H,9-10,12,17-22,26-27H2,1-8H3,(H2,48,60)/b29-28+,49-43+,50-44+. The van der Waals surface area contributed by atoms with E-state index in [1.54, 1.807) is 51.3 Å². The van der Waals surface area contributed by atoms with Crippen molar-refractivity contribution >= 4 is 39.8 Å². The highest BCUT2D eigenvalue weighted by Gasteiger charge is 2.33. The molecule has 0 bridgehead atoms. The second kappa shape index (κ2) is 18.1. The molecular formula is C45H56F2N12O4. The highest BCUT2D eigenvalue weighted by atomic mass is 19.3. The molecular weight excluding hydrogens is 811 g/mol. The Morgan fingerprint density at radius 2 is 1.33 bits per heavy atom. The summed E-state index contributed by atoms with van der Waals surface area (Å²) in [5.74, 6) is -3.49. The van der Waals surface area contributed by atoms with Gasteiger partial charge in [0, 0.05) is 78.3 Å². The highest BCUT2D eigenvalue weighted by Crippen LogP contribution is 2.29. The average Bonchev–Trinajstić information content (AvgIpc) is 3.98. The summed E-state index contributed by atoms with van der Waals surface area (Å²) in [6.07, 6.45) is 0.367. The number of imidazole rings is 2. The summed E-state index contributed by atoms with van der Waals surface area (Å²) < 4.78 is 44.9. The smallest absolute Gasteiger partial charge is 0.298 e. The fourth-order valence-corrected chi connectivity index (χ4v) is 8.24. The minimum Gasteiger partial charge on any atom is -0.491 e. The number of carbonyl (C=O) groups is 3. The molecule has 0 spiro atoms. The molecule has 1 fully saturated rings. The van der Waals surface area contributed by atoms with E-state index < -0.39 is 23.6 Å². The number of rotatable bonds is 14. The van der Waals surface area contributed by atoms with Gasteiger partial charge in [-0.25, -0.2) is 8.78 Å². The minimum absolute atomic E-state index is 0.137. The first-order chi connectivity index (χ1) is 30.0. The van der Waals surface area contributed by atoms with Gasteiger partial charge in [0.2, 0.25) is 17.1 Å². The molecule has 0 aliphatic carbocycles. The van der Waals surface area contributed by atoms with Gasteiger partial charge in [0.05, 0.1) is 34.5 Å². The Balaban J connectivity index is 1.30. The van der Waals surface area contributed by atoms with Gasteiger partial charge in [0.1, 0.15) is 22.7 Å². The fourth-order valence-electron chi connectivity index (χ4n) is 8.24. The number of piperidine rings is 1. The lowest BCUT2D eigenvalue weighted by Crippen LogP contribution is -2.40. The summed E-state index contributed by atoms with van der Waals surface area (Å²) in [6.45, 7) is 14.8. The number of hydrogen-bond acceptors (Lipinski definition) is 7. The van der Waals surface area contributed by atoms with Crippen molar-refractivity contribution in [3.8, 4) is 5.75 Å². The lowest BCUT2D eigenvalue weighted by molar-refractivity contribution is -0.0554. The summed E-state index contributed by atoms with van der Waals surface area (Å²) in [6, 6.07) is 14.3. The molecule has 7 rings (SSSR count). The molecule has 1 aliphatic rings. The molecule has 334 valence electrons. The number of nitrogens with zero attached hydrogens (tertiary/aromatic N) is 11. The van der Waals surface area contributed by atoms with Gasteiger partial charge in [-0.1, -0.05) is 17.2 Å². The summed E-state index contributed by atoms with van der Waals surface area (Å²) in [4.78, 5) is 51.5. The number of fused-ring (bicyclic) bond motifs is 2. The number of ether oxygens (including phenoxy) is 1. The fraction of sp³-hybridized carbons (Fsp3) is 0.444. The van der Waals surface area contributed by atoms with Gasteiger partial charge in [-0.2, -0.15) is 20.2 Å². The molecule has 6 aromatic rings. The van der Waals surface area contributed by atoms with E-state index in [2.05, 4.69) is 15.2 Å². The number of aryl methyl sites for hydroxylation is 6. The molecule has 2 N–H and O–H groups in total. The van der Waals surface area contributed by atoms with Crippen LogP contribution in [0.4, 0.5) is 8.78 Å². The Morgan fingerprint density at radius 3 is 1.90 bits per heavy atom. The zero-order valence-corrected chi connectivity index (χ0v) is 37.3. The SMILES string of the molecule is CCn1nc(C)cc1C(=O)/N=c1\n(C)c2cc(C(N)=O)ccc2n1C/C(C)=C(\C)Cn1/c(=N/C(=O)c2cc(C)nn2CC)n(C)c2cccc(OCCCN3CCC(F)(F)CC3)c21. The topological polar surface area (TPSA) is 170 Å². The second-order valence-electron chi connectivity index (χ2n) is 16.3. The molecule has 0 unspecified atom stereocenters. The largest absolute Gasteiger partial charge is 0.491 e. The molecule has 5 heterocycles. The van der Waals surface area contributed by atoms with E-state index in [1.807, 2.05) is 85.4 Å². The zero-order chi connectivity index (χ0) is 45.3. The number of hydrogen-bond donors (Lipinski definition) is 1. The molecule has 0 atom stereocenters. The third-order valence-electron chi connectivity index (χ3n) is 11.8. The van der Waals surface area contributed by atoms with Crippen LogP contribution in [0.5, 0.6) is 5.75 Å². The third kappa shape index (κ3) is 9.21. The van der Waals surface area contributed by atoms with E-state index in [0.29, 0.717) is 110 Å². The van der Waals surface area contributed by atoms with Crippen LogP contribution in [0.1, 0.15) is 89.7 Å². The van der Waals surface area contributed by atoms with Crippen LogP contribution in [-0.4, -0.2) is 92.6 Å². The van der Waals surface area contributed by atoms with Gasteiger partial charge in [0.25, 0.3) is 17.7 Å². The number of halogens is 2. The molecule has 1 saturated heterocycles. The van der Waals surface area contributed by atoms with Crippen LogP contribution in [0.25, 0.3) is 22.1 Å². The van der Waals surface area contributed by atoms with Crippen LogP contribution in [0, 0.1) is 13.8 Å². The molecule has 0 saturated carbocycles. The van der Waals surface area contributed by atoms with Crippen LogP contribution < -0.4 is 21.7 Å². The van der Waals surface area contributed by atoms with Crippen LogP contribution in [-0.2, 0) is 40.3 Å². The van der Waals surface area contributed by atoms with E-state index in [-0.39, 0.29) is 12.8 Å². The lowest BCUT2D eigenvalue weighted by Gasteiger charge is -2.31. The van der Waals surface area contributed by atoms with Crippen molar-refractivity contribution in [3.63, 3.8) is 0 Å². The third-order valence-corrected chi connectivity index (χ3v) is 11.8. The quantitative estimate of drug-likeness (QED) is 0.112. The van der Waals surface area contributed by atoms with Crippen molar-refractivity contribution in [2.75, 3.05) is 26.2 Å². The number of benzene rings is 2. The maximum Gasteiger partial charge on any atom is 0.298 e. The Kier molecular flexibility index (Phi) is 12.8. The maximum absolute atomic E-state index is 14.0. The number of primary amides is 1. The average molecular weight is 867 g/mol. The highest BCUT2D eigenvalue weighted by molar-refractivity contribution is 5.97. The predicted octanol–water partition coefficient (Wildman–Crippen LogP) is 5.44. The number of aromatic nitrogens is 8. The maximum atomic E-state index is 14.0. The van der Waals surface area contributed by atoms with Gasteiger partial charge in [0.15, 0.2) is 0 Å². The number of nitrogens with two attached hydrogens (primary N) is 1. The Hall–Kier alpha value is -6.43. The van der Waals surface area contributed by atoms with E-state index >= 15 is 0 Å². The van der Waals surface area contributed by atoms with Crippen LogP contribution in [0.15, 0.2) is 69.7 Å². The molecule has 63 heavy (non-hydrogen) atoms. The predicted molar refractivity (Wildman–Crippen MR) is 235 cm³/mol. The second-order valence-corrected chi connectivity index (χ2v) is 16.3. The molecule has 16 nitrogen and oxygen atoms in total. The van der Waals surface area contributed by atoms with Gasteiger partial charge < -0.3 is 33.6 Å². The summed E-state index contributed by atoms with van der Waals surface area (Å²) in [7, 11) is 3.65. The number of alkyl halides is 2. The lowest BCUT2D eigenvalue weighted by atomic mass is 10.1. The van der Waals surface area contributed by atoms with Gasteiger partial charge in [-0.15, -0.1) is 0 Å². The molecule has 0 radical (unpaired) electrons. The Bertz CT molecular complexity index is 2910. The Morgan fingerprint density at radius 1 is 0.778 bits per heavy atom. The van der Waals surface area contributed by atoms with Crippen molar-refractivity contribution < 1.29 is 27.9 Å². The van der Waals surface area contributed by atoms with Crippen molar-refractivity contribution in [1.82, 2.24) is 42.7 Å². The number of para-hydroxylation sites is 1. The first kappa shape index (κ1) is 44.6. The van der Waals surface area contributed by atoms with Crippen molar-refractivity contribution in [1.29, 1.82) is 0 Å². The van der Waals surface area contributed by atoms with Crippen molar-refractivity contribution in [3.05, 3.63) is 99.3 Å². The zero-order valence-electron chi connectivity index (χ0n) is 37.3. The summed E-state index contributed by atoms with van der Waals surface area (Å²) in [5, 5.41) is 8.91. The summed E-state index contributed by atoms with van der Waals surface area (Å²) in [5.41, 5.74) is 13.7. The molecule has 2 aromatic carbocycles. The van der Waals surface area contributed by atoms with E-state index in [4.69, 9.17) is 15.5 Å². The van der Waals surface area contributed by atoms with Crippen molar-refractivity contribution in [2.24, 2.45) is 29.8 Å². The molecule has 4 aromatic heterocycles. The van der Waals surface area contributed by atoms with Gasteiger partial charge >= 0.3 is 0 Å². The molecule has 1 aliphatic heterocycles. The normalized spacial score (nSPS) is 15.5. The Labute approximate surface area is 363 Å². The molecule has 3 amide bonds. The van der Waals surface area contributed by atoms with Crippen molar-refractivity contribution in [2.45, 2.75) is 92.9 Å².